The van der Waals surface area contributed by atoms with Crippen molar-refractivity contribution in [1.29, 1.82) is 0 Å². The van der Waals surface area contributed by atoms with E-state index in [2.05, 4.69) is 32.4 Å². The van der Waals surface area contributed by atoms with Crippen LogP contribution in [0, 0.1) is 0 Å². The number of ether oxygens (including phenoxy) is 2. The van der Waals surface area contributed by atoms with Gasteiger partial charge in [-0.2, -0.15) is 9.97 Å². The summed E-state index contributed by atoms with van der Waals surface area (Å²) in [6.07, 6.45) is 3.28. The lowest BCUT2D eigenvalue weighted by Crippen LogP contribution is -2.24. The van der Waals surface area contributed by atoms with Gasteiger partial charge in [0.15, 0.2) is 5.82 Å². The van der Waals surface area contributed by atoms with Crippen molar-refractivity contribution in [2.75, 3.05) is 14.2 Å². The lowest BCUT2D eigenvalue weighted by Gasteiger charge is -2.07. The zero-order valence-corrected chi connectivity index (χ0v) is 14.0. The molecule has 128 valence electrons. The summed E-state index contributed by atoms with van der Waals surface area (Å²) in [7, 11) is 2.92. The van der Waals surface area contributed by atoms with Gasteiger partial charge in [0.05, 0.1) is 20.8 Å². The maximum atomic E-state index is 11.9. The molecule has 0 fully saturated rings. The van der Waals surface area contributed by atoms with Gasteiger partial charge < -0.3 is 14.8 Å². The molecule has 0 radical (unpaired) electrons. The van der Waals surface area contributed by atoms with Gasteiger partial charge in [-0.05, 0) is 24.8 Å². The number of methoxy groups -OCH3 is 2. The highest BCUT2D eigenvalue weighted by atomic mass is 16.5. The van der Waals surface area contributed by atoms with Crippen LogP contribution in [0.3, 0.4) is 0 Å². The highest BCUT2D eigenvalue weighted by molar-refractivity contribution is 5.75. The minimum absolute atomic E-state index is 0.0265. The molecule has 0 spiro atoms. The molecule has 2 aromatic rings. The zero-order chi connectivity index (χ0) is 17.2. The van der Waals surface area contributed by atoms with E-state index in [4.69, 9.17) is 9.47 Å². The maximum Gasteiger partial charge on any atom is 0.322 e. The van der Waals surface area contributed by atoms with Crippen LogP contribution < -0.4 is 14.8 Å². The molecule has 0 aliphatic carbocycles. The third-order valence-electron chi connectivity index (χ3n) is 3.41. The van der Waals surface area contributed by atoms with Gasteiger partial charge >= 0.3 is 12.0 Å². The molecule has 1 aromatic heterocycles. The second kappa shape index (κ2) is 9.44. The van der Waals surface area contributed by atoms with Crippen molar-refractivity contribution >= 4 is 5.91 Å². The molecule has 0 saturated carbocycles. The molecule has 0 unspecified atom stereocenters. The Hall–Kier alpha value is -2.70. The number of hydrogen-bond acceptors (Lipinski definition) is 6. The topological polar surface area (TPSA) is 86.2 Å². The predicted molar refractivity (Wildman–Crippen MR) is 88.8 cm³/mol. The van der Waals surface area contributed by atoms with E-state index in [1.54, 1.807) is 0 Å². The molecular formula is C17H22N4O3. The number of nitrogens with one attached hydrogen (secondary N) is 1. The molecule has 1 heterocycles. The number of nitrogens with zero attached hydrogens (tertiary/aromatic N) is 3. The monoisotopic (exact) mass is 330 g/mol. The third kappa shape index (κ3) is 5.83. The average Bonchev–Trinajstić information content (AvgIpc) is 2.64. The summed E-state index contributed by atoms with van der Waals surface area (Å²) in [5.74, 6) is 0.373. The second-order valence-electron chi connectivity index (χ2n) is 5.19. The molecule has 0 aliphatic heterocycles. The summed E-state index contributed by atoms with van der Waals surface area (Å²) in [5.41, 5.74) is 1.29. The van der Waals surface area contributed by atoms with Gasteiger partial charge in [-0.25, -0.2) is 0 Å². The number of rotatable bonds is 9. The Labute approximate surface area is 141 Å². The number of benzene rings is 1. The Morgan fingerprint density at radius 2 is 1.67 bits per heavy atom. The van der Waals surface area contributed by atoms with E-state index < -0.39 is 0 Å². The minimum atomic E-state index is -0.0265. The highest BCUT2D eigenvalue weighted by Crippen LogP contribution is 2.09. The lowest BCUT2D eigenvalue weighted by atomic mass is 10.1. The summed E-state index contributed by atoms with van der Waals surface area (Å²) in [5, 5.41) is 2.80. The molecule has 1 N–H and O–H groups in total. The molecule has 2 rings (SSSR count). The van der Waals surface area contributed by atoms with Crippen molar-refractivity contribution in [2.24, 2.45) is 0 Å². The normalized spacial score (nSPS) is 10.2. The number of carbonyl (C=O) groups excluding carboxylic acids is 1. The summed E-state index contributed by atoms with van der Waals surface area (Å²) < 4.78 is 9.94. The van der Waals surface area contributed by atoms with Crippen molar-refractivity contribution in [3.63, 3.8) is 0 Å². The molecule has 0 saturated heterocycles. The van der Waals surface area contributed by atoms with E-state index in [0.717, 1.165) is 19.3 Å². The fourth-order valence-corrected chi connectivity index (χ4v) is 2.16. The van der Waals surface area contributed by atoms with Gasteiger partial charge in [-0.3, -0.25) is 4.79 Å². The first-order chi connectivity index (χ1) is 11.7. The highest BCUT2D eigenvalue weighted by Gasteiger charge is 2.08. The minimum Gasteiger partial charge on any atom is -0.467 e. The fraction of sp³-hybridized carbons (Fsp3) is 0.412. The zero-order valence-electron chi connectivity index (χ0n) is 14.0. The molecule has 1 aromatic carbocycles. The van der Waals surface area contributed by atoms with Crippen LogP contribution in [0.5, 0.6) is 12.0 Å². The van der Waals surface area contributed by atoms with E-state index in [1.165, 1.54) is 19.8 Å². The van der Waals surface area contributed by atoms with E-state index in [0.29, 0.717) is 12.2 Å². The van der Waals surface area contributed by atoms with Crippen LogP contribution in [0.15, 0.2) is 30.3 Å². The predicted octanol–water partition coefficient (Wildman–Crippen LogP) is 1.92. The average molecular weight is 330 g/mol. The number of hydrogen-bond donors (Lipinski definition) is 1. The summed E-state index contributed by atoms with van der Waals surface area (Å²) in [6.45, 7) is 0.215. The summed E-state index contributed by atoms with van der Waals surface area (Å²) >= 11 is 0. The van der Waals surface area contributed by atoms with Crippen molar-refractivity contribution in [3.8, 4) is 12.0 Å². The van der Waals surface area contributed by atoms with E-state index in [9.17, 15) is 4.79 Å². The number of unbranched alkanes of at least 4 members (excludes halogenated alkanes) is 1. The van der Waals surface area contributed by atoms with Crippen LogP contribution in [-0.4, -0.2) is 35.1 Å². The molecule has 0 bridgehead atoms. The fourth-order valence-electron chi connectivity index (χ4n) is 2.16. The molecular weight excluding hydrogens is 308 g/mol. The molecule has 0 aliphatic rings. The summed E-state index contributed by atoms with van der Waals surface area (Å²) in [4.78, 5) is 23.9. The van der Waals surface area contributed by atoms with Crippen molar-refractivity contribution < 1.29 is 14.3 Å². The Bertz CT molecular complexity index is 627. The number of amides is 1. The van der Waals surface area contributed by atoms with Gasteiger partial charge in [0.25, 0.3) is 0 Å². The van der Waals surface area contributed by atoms with Crippen molar-refractivity contribution in [1.82, 2.24) is 20.3 Å². The number of carbonyl (C=O) groups is 1. The Balaban J connectivity index is 1.71. The number of aryl methyl sites for hydroxylation is 1. The van der Waals surface area contributed by atoms with Crippen molar-refractivity contribution in [3.05, 3.63) is 41.7 Å². The first kappa shape index (κ1) is 17.7. The van der Waals surface area contributed by atoms with E-state index in [-0.39, 0.29) is 24.5 Å². The first-order valence-electron chi connectivity index (χ1n) is 7.85. The SMILES string of the molecule is COc1nc(CNC(=O)CCCCc2ccccc2)nc(OC)n1. The summed E-state index contributed by atoms with van der Waals surface area (Å²) in [6, 6.07) is 10.6. The van der Waals surface area contributed by atoms with Gasteiger partial charge in [0.2, 0.25) is 5.91 Å². The Kier molecular flexibility index (Phi) is 6.94. The van der Waals surface area contributed by atoms with Crippen LogP contribution in [0.25, 0.3) is 0 Å². The maximum absolute atomic E-state index is 11.9. The van der Waals surface area contributed by atoms with Gasteiger partial charge in [0, 0.05) is 6.42 Å². The van der Waals surface area contributed by atoms with Crippen LogP contribution in [0.2, 0.25) is 0 Å². The van der Waals surface area contributed by atoms with Gasteiger partial charge in [0.1, 0.15) is 0 Å². The van der Waals surface area contributed by atoms with Crippen LogP contribution in [0.4, 0.5) is 0 Å². The molecule has 7 nitrogen and oxygen atoms in total. The standard InChI is InChI=1S/C17H22N4O3/c1-23-16-19-14(20-17(21-16)24-2)12-18-15(22)11-7-6-10-13-8-4-3-5-9-13/h3-5,8-9H,6-7,10-12H2,1-2H3,(H,18,22). The molecule has 7 heteroatoms. The van der Waals surface area contributed by atoms with E-state index in [1.807, 2.05) is 18.2 Å². The molecule has 24 heavy (non-hydrogen) atoms. The largest absolute Gasteiger partial charge is 0.467 e. The lowest BCUT2D eigenvalue weighted by molar-refractivity contribution is -0.121. The van der Waals surface area contributed by atoms with E-state index >= 15 is 0 Å². The third-order valence-corrected chi connectivity index (χ3v) is 3.41. The van der Waals surface area contributed by atoms with Gasteiger partial charge in [-0.15, -0.1) is 4.98 Å². The second-order valence-corrected chi connectivity index (χ2v) is 5.19. The van der Waals surface area contributed by atoms with Gasteiger partial charge in [-0.1, -0.05) is 30.3 Å². The quantitative estimate of drug-likeness (QED) is 0.707. The molecule has 1 amide bonds. The molecule has 0 atom stereocenters. The van der Waals surface area contributed by atoms with Crippen LogP contribution in [0.1, 0.15) is 30.7 Å². The number of aromatic nitrogens is 3. The smallest absolute Gasteiger partial charge is 0.322 e. The Morgan fingerprint density at radius 1 is 1.00 bits per heavy atom. The van der Waals surface area contributed by atoms with Crippen molar-refractivity contribution in [2.45, 2.75) is 32.2 Å². The van der Waals surface area contributed by atoms with Crippen LogP contribution in [-0.2, 0) is 17.8 Å². The van der Waals surface area contributed by atoms with Crippen LogP contribution >= 0.6 is 0 Å². The first-order valence-corrected chi connectivity index (χ1v) is 7.85. The Morgan fingerprint density at radius 3 is 2.29 bits per heavy atom.